The zero-order valence-electron chi connectivity index (χ0n) is 15.3. The second-order valence-electron chi connectivity index (χ2n) is 7.28. The summed E-state index contributed by atoms with van der Waals surface area (Å²) >= 11 is 3.46. The molecule has 2 nitrogen and oxygen atoms in total. The van der Waals surface area contributed by atoms with Crippen LogP contribution >= 0.6 is 15.9 Å². The van der Waals surface area contributed by atoms with Crippen molar-refractivity contribution in [3.63, 3.8) is 0 Å². The molecule has 0 radical (unpaired) electrons. The molecule has 0 N–H and O–H groups in total. The van der Waals surface area contributed by atoms with Gasteiger partial charge < -0.3 is 4.90 Å². The van der Waals surface area contributed by atoms with Crippen LogP contribution in [-0.4, -0.2) is 17.4 Å². The highest BCUT2D eigenvalue weighted by Crippen LogP contribution is 2.42. The number of amides is 1. The van der Waals surface area contributed by atoms with Crippen molar-refractivity contribution in [3.8, 4) is 0 Å². The number of halogens is 2. The van der Waals surface area contributed by atoms with Crippen molar-refractivity contribution in [2.45, 2.75) is 51.0 Å². The van der Waals surface area contributed by atoms with E-state index in [1.54, 1.807) is 0 Å². The molecule has 0 bridgehead atoms. The van der Waals surface area contributed by atoms with Crippen LogP contribution < -0.4 is 0 Å². The number of hydrogen-bond acceptors (Lipinski definition) is 1. The van der Waals surface area contributed by atoms with Crippen molar-refractivity contribution in [1.29, 1.82) is 0 Å². The third-order valence-electron chi connectivity index (χ3n) is 5.65. The first-order chi connectivity index (χ1) is 12.4. The van der Waals surface area contributed by atoms with Crippen LogP contribution in [0.3, 0.4) is 0 Å². The van der Waals surface area contributed by atoms with Crippen molar-refractivity contribution in [1.82, 2.24) is 4.90 Å². The van der Waals surface area contributed by atoms with Gasteiger partial charge in [-0.2, -0.15) is 0 Å². The van der Waals surface area contributed by atoms with Crippen LogP contribution in [0.2, 0.25) is 0 Å². The summed E-state index contributed by atoms with van der Waals surface area (Å²) < 4.78 is 14.4. The Morgan fingerprint density at radius 3 is 2.38 bits per heavy atom. The van der Waals surface area contributed by atoms with Gasteiger partial charge in [-0.25, -0.2) is 4.39 Å². The Balaban J connectivity index is 1.81. The highest BCUT2D eigenvalue weighted by molar-refractivity contribution is 9.10. The molecule has 0 unspecified atom stereocenters. The lowest BCUT2D eigenvalue weighted by Crippen LogP contribution is -2.47. The summed E-state index contributed by atoms with van der Waals surface area (Å²) in [7, 11) is 0. The Hall–Kier alpha value is -1.68. The first-order valence-corrected chi connectivity index (χ1v) is 10.1. The van der Waals surface area contributed by atoms with E-state index in [1.807, 2.05) is 29.2 Å². The number of rotatable bonds is 5. The molecular formula is C22H25BrFNO. The molecule has 2 atom stereocenters. The topological polar surface area (TPSA) is 20.3 Å². The number of piperidine rings is 1. The first kappa shape index (κ1) is 19.1. The second-order valence-corrected chi connectivity index (χ2v) is 8.19. The molecule has 2 aromatic rings. The Morgan fingerprint density at radius 1 is 1.15 bits per heavy atom. The quantitative estimate of drug-likeness (QED) is 0.582. The Bertz CT molecular complexity index is 759. The molecule has 0 aliphatic carbocycles. The number of nitrogens with zero attached hydrogens (tertiary/aromatic N) is 1. The molecule has 138 valence electrons. The van der Waals surface area contributed by atoms with Gasteiger partial charge in [-0.15, -0.1) is 0 Å². The molecule has 1 aliphatic heterocycles. The molecule has 1 aliphatic rings. The second kappa shape index (κ2) is 7.91. The van der Waals surface area contributed by atoms with Crippen molar-refractivity contribution in [2.24, 2.45) is 0 Å². The van der Waals surface area contributed by atoms with E-state index in [0.29, 0.717) is 6.42 Å². The lowest BCUT2D eigenvalue weighted by Gasteiger charge is -2.44. The van der Waals surface area contributed by atoms with E-state index < -0.39 is 0 Å². The highest BCUT2D eigenvalue weighted by Gasteiger charge is 2.41. The minimum absolute atomic E-state index is 0.0587. The fraction of sp³-hybridized carbons (Fsp3) is 0.409. The summed E-state index contributed by atoms with van der Waals surface area (Å²) in [4.78, 5) is 15.0. The molecule has 26 heavy (non-hydrogen) atoms. The van der Waals surface area contributed by atoms with Gasteiger partial charge in [0.05, 0.1) is 6.04 Å². The SMILES string of the molecule is CCC[C@]1(c2ccc(F)cc2)CCN([C@@H](C)c2ccc(Br)cc2)C(=O)C1. The minimum atomic E-state index is -0.229. The normalized spacial score (nSPS) is 21.7. The van der Waals surface area contributed by atoms with Gasteiger partial charge in [-0.3, -0.25) is 4.79 Å². The number of carbonyl (C=O) groups is 1. The van der Waals surface area contributed by atoms with E-state index in [2.05, 4.69) is 41.9 Å². The van der Waals surface area contributed by atoms with E-state index in [0.717, 1.165) is 41.4 Å². The van der Waals surface area contributed by atoms with E-state index in [9.17, 15) is 9.18 Å². The Morgan fingerprint density at radius 2 is 1.81 bits per heavy atom. The summed E-state index contributed by atoms with van der Waals surface area (Å²) in [6.45, 7) is 4.96. The average molecular weight is 418 g/mol. The zero-order chi connectivity index (χ0) is 18.7. The van der Waals surface area contributed by atoms with Crippen LogP contribution in [0.1, 0.15) is 56.7 Å². The predicted molar refractivity (Wildman–Crippen MR) is 106 cm³/mol. The molecule has 0 aromatic heterocycles. The largest absolute Gasteiger partial charge is 0.336 e. The molecule has 0 saturated carbocycles. The minimum Gasteiger partial charge on any atom is -0.336 e. The molecule has 4 heteroatoms. The number of carbonyl (C=O) groups excluding carboxylic acids is 1. The van der Waals surface area contributed by atoms with Crippen molar-refractivity contribution in [3.05, 3.63) is 69.9 Å². The van der Waals surface area contributed by atoms with Crippen molar-refractivity contribution >= 4 is 21.8 Å². The monoisotopic (exact) mass is 417 g/mol. The first-order valence-electron chi connectivity index (χ1n) is 9.26. The van der Waals surface area contributed by atoms with E-state index in [4.69, 9.17) is 0 Å². The van der Waals surface area contributed by atoms with Crippen LogP contribution in [0.4, 0.5) is 4.39 Å². The predicted octanol–water partition coefficient (Wildman–Crippen LogP) is 6.01. The molecule has 3 rings (SSSR count). The Kier molecular flexibility index (Phi) is 5.81. The van der Waals surface area contributed by atoms with Gasteiger partial charge in [-0.1, -0.05) is 53.5 Å². The molecule has 1 fully saturated rings. The van der Waals surface area contributed by atoms with Crippen LogP contribution in [0.15, 0.2) is 53.0 Å². The third-order valence-corrected chi connectivity index (χ3v) is 6.17. The van der Waals surface area contributed by atoms with Gasteiger partial charge >= 0.3 is 0 Å². The lowest BCUT2D eigenvalue weighted by molar-refractivity contribution is -0.138. The molecule has 1 heterocycles. The van der Waals surface area contributed by atoms with Gasteiger partial charge in [0.1, 0.15) is 5.82 Å². The van der Waals surface area contributed by atoms with Crippen molar-refractivity contribution in [2.75, 3.05) is 6.54 Å². The van der Waals surface area contributed by atoms with Gasteiger partial charge in [0.25, 0.3) is 0 Å². The smallest absolute Gasteiger partial charge is 0.223 e. The molecule has 2 aromatic carbocycles. The van der Waals surface area contributed by atoms with Gasteiger partial charge in [0.2, 0.25) is 5.91 Å². The van der Waals surface area contributed by atoms with Gasteiger partial charge in [0, 0.05) is 22.9 Å². The van der Waals surface area contributed by atoms with Gasteiger partial charge in [0.15, 0.2) is 0 Å². The van der Waals surface area contributed by atoms with Crippen LogP contribution in [0, 0.1) is 5.82 Å². The van der Waals surface area contributed by atoms with E-state index in [-0.39, 0.29) is 23.2 Å². The summed E-state index contributed by atoms with van der Waals surface area (Å²) in [5, 5.41) is 0. The lowest BCUT2D eigenvalue weighted by atomic mass is 9.69. The maximum absolute atomic E-state index is 13.3. The van der Waals surface area contributed by atoms with Crippen LogP contribution in [0.5, 0.6) is 0 Å². The zero-order valence-corrected chi connectivity index (χ0v) is 16.9. The summed E-state index contributed by atoms with van der Waals surface area (Å²) in [5.74, 6) is -0.0440. The average Bonchev–Trinajstić information content (AvgIpc) is 2.63. The van der Waals surface area contributed by atoms with E-state index >= 15 is 0 Å². The van der Waals surface area contributed by atoms with Crippen LogP contribution in [-0.2, 0) is 10.2 Å². The molecule has 1 amide bonds. The third kappa shape index (κ3) is 3.85. The molecular weight excluding hydrogens is 393 g/mol. The highest BCUT2D eigenvalue weighted by atomic mass is 79.9. The fourth-order valence-electron chi connectivity index (χ4n) is 4.16. The van der Waals surface area contributed by atoms with Crippen LogP contribution in [0.25, 0.3) is 0 Å². The number of likely N-dealkylation sites (tertiary alicyclic amines) is 1. The number of benzene rings is 2. The maximum atomic E-state index is 13.3. The van der Waals surface area contributed by atoms with E-state index in [1.165, 1.54) is 12.1 Å². The number of hydrogen-bond donors (Lipinski definition) is 0. The van der Waals surface area contributed by atoms with Crippen molar-refractivity contribution < 1.29 is 9.18 Å². The van der Waals surface area contributed by atoms with Gasteiger partial charge in [-0.05, 0) is 55.2 Å². The standard InChI is InChI=1S/C22H25BrFNO/c1-3-12-22(18-6-10-20(24)11-7-18)13-14-25(21(26)15-22)16(2)17-4-8-19(23)9-5-17/h4-11,16H,3,12-15H2,1-2H3/t16-,22-/m0/s1. The maximum Gasteiger partial charge on any atom is 0.223 e. The summed E-state index contributed by atoms with van der Waals surface area (Å²) in [5.41, 5.74) is 2.06. The molecule has 0 spiro atoms. The summed E-state index contributed by atoms with van der Waals surface area (Å²) in [6, 6.07) is 14.9. The Labute approximate surface area is 163 Å². The molecule has 1 saturated heterocycles. The fourth-order valence-corrected chi connectivity index (χ4v) is 4.42. The summed E-state index contributed by atoms with van der Waals surface area (Å²) in [6.07, 6.45) is 3.37.